The van der Waals surface area contributed by atoms with Crippen LogP contribution in [0.25, 0.3) is 0 Å². The normalized spacial score (nSPS) is 14.2. The lowest BCUT2D eigenvalue weighted by Crippen LogP contribution is -1.99. The van der Waals surface area contributed by atoms with E-state index in [2.05, 4.69) is 6.92 Å². The molecule has 96 valence electrons. The van der Waals surface area contributed by atoms with Crippen molar-refractivity contribution in [3.05, 3.63) is 30.3 Å². The van der Waals surface area contributed by atoms with Crippen molar-refractivity contribution >= 4 is 8.03 Å². The van der Waals surface area contributed by atoms with Crippen molar-refractivity contribution in [3.8, 4) is 5.75 Å². The predicted molar refractivity (Wildman–Crippen MR) is 74.3 cm³/mol. The maximum Gasteiger partial charge on any atom is 0.239 e. The first-order chi connectivity index (χ1) is 8.24. The van der Waals surface area contributed by atoms with Crippen LogP contribution in [0.4, 0.5) is 0 Å². The Morgan fingerprint density at radius 1 is 1.18 bits per heavy atom. The molecule has 0 aliphatic carbocycles. The molecule has 0 aromatic heterocycles. The van der Waals surface area contributed by atoms with Gasteiger partial charge < -0.3 is 4.52 Å². The molecule has 0 aliphatic heterocycles. The minimum absolute atomic E-state index is 0.178. The second-order valence-electron chi connectivity index (χ2n) is 4.48. The summed E-state index contributed by atoms with van der Waals surface area (Å²) in [4.78, 5) is 0. The van der Waals surface area contributed by atoms with Crippen LogP contribution < -0.4 is 4.52 Å². The van der Waals surface area contributed by atoms with Gasteiger partial charge in [0.1, 0.15) is 5.75 Å². The standard InChI is InChI=1S/C14H23O2P/c1-3-4-5-7-10-13(2)17(15)16-14-11-8-6-9-12-14/h6,8-9,11-13,17H,3-5,7,10H2,1-2H3. The van der Waals surface area contributed by atoms with E-state index in [1.807, 2.05) is 37.3 Å². The molecular formula is C14H23O2P. The molecule has 0 heterocycles. The van der Waals surface area contributed by atoms with Crippen molar-refractivity contribution in [2.24, 2.45) is 0 Å². The molecule has 0 N–H and O–H groups in total. The Bertz CT molecular complexity index is 324. The van der Waals surface area contributed by atoms with E-state index in [1.54, 1.807) is 0 Å². The highest BCUT2D eigenvalue weighted by atomic mass is 31.1. The summed E-state index contributed by atoms with van der Waals surface area (Å²) in [6.07, 6.45) is 5.91. The number of hydrogen-bond donors (Lipinski definition) is 0. The van der Waals surface area contributed by atoms with Gasteiger partial charge in [0, 0.05) is 5.66 Å². The van der Waals surface area contributed by atoms with Gasteiger partial charge >= 0.3 is 0 Å². The highest BCUT2D eigenvalue weighted by Gasteiger charge is 2.12. The first-order valence-corrected chi connectivity index (χ1v) is 7.90. The van der Waals surface area contributed by atoms with Crippen LogP contribution in [0.2, 0.25) is 0 Å². The molecule has 0 radical (unpaired) electrons. The summed E-state index contributed by atoms with van der Waals surface area (Å²) in [6, 6.07) is 9.43. The Morgan fingerprint density at radius 3 is 2.53 bits per heavy atom. The van der Waals surface area contributed by atoms with Gasteiger partial charge in [-0.1, -0.05) is 57.7 Å². The molecule has 0 saturated carbocycles. The van der Waals surface area contributed by atoms with Crippen molar-refractivity contribution in [1.82, 2.24) is 0 Å². The fraction of sp³-hybridized carbons (Fsp3) is 0.571. The lowest BCUT2D eigenvalue weighted by atomic mass is 10.1. The van der Waals surface area contributed by atoms with Crippen molar-refractivity contribution in [2.45, 2.75) is 51.6 Å². The summed E-state index contributed by atoms with van der Waals surface area (Å²) in [5, 5.41) is 0. The van der Waals surface area contributed by atoms with E-state index in [1.165, 1.54) is 19.3 Å². The van der Waals surface area contributed by atoms with Gasteiger partial charge in [-0.25, -0.2) is 0 Å². The SMILES string of the molecule is CCCCCCC(C)[PH](=O)Oc1ccccc1. The van der Waals surface area contributed by atoms with Gasteiger partial charge in [-0.3, -0.25) is 4.57 Å². The second kappa shape index (κ2) is 8.36. The van der Waals surface area contributed by atoms with E-state index in [4.69, 9.17) is 4.52 Å². The Labute approximate surface area is 105 Å². The molecule has 0 spiro atoms. The summed E-state index contributed by atoms with van der Waals surface area (Å²) in [5.41, 5.74) is 0.178. The molecule has 1 rings (SSSR count). The van der Waals surface area contributed by atoms with Gasteiger partial charge in [-0.2, -0.15) is 0 Å². The van der Waals surface area contributed by atoms with Crippen molar-refractivity contribution in [1.29, 1.82) is 0 Å². The molecule has 2 unspecified atom stereocenters. The van der Waals surface area contributed by atoms with E-state index in [-0.39, 0.29) is 5.66 Å². The number of para-hydroxylation sites is 1. The minimum Gasteiger partial charge on any atom is -0.445 e. The van der Waals surface area contributed by atoms with Crippen molar-refractivity contribution in [3.63, 3.8) is 0 Å². The van der Waals surface area contributed by atoms with Gasteiger partial charge in [-0.05, 0) is 18.6 Å². The Morgan fingerprint density at radius 2 is 1.88 bits per heavy atom. The smallest absolute Gasteiger partial charge is 0.239 e. The zero-order valence-electron chi connectivity index (χ0n) is 10.8. The van der Waals surface area contributed by atoms with Gasteiger partial charge in [0.05, 0.1) is 0 Å². The van der Waals surface area contributed by atoms with Crippen LogP contribution in [-0.2, 0) is 4.57 Å². The monoisotopic (exact) mass is 254 g/mol. The van der Waals surface area contributed by atoms with E-state index in [0.717, 1.165) is 18.6 Å². The third-order valence-electron chi connectivity index (χ3n) is 2.85. The summed E-state index contributed by atoms with van der Waals surface area (Å²) >= 11 is 0. The largest absolute Gasteiger partial charge is 0.445 e. The van der Waals surface area contributed by atoms with E-state index in [0.29, 0.717) is 0 Å². The lowest BCUT2D eigenvalue weighted by molar-refractivity contribution is 0.485. The quantitative estimate of drug-likeness (QED) is 0.487. The van der Waals surface area contributed by atoms with Crippen molar-refractivity contribution in [2.75, 3.05) is 0 Å². The van der Waals surface area contributed by atoms with Crippen LogP contribution in [0.3, 0.4) is 0 Å². The van der Waals surface area contributed by atoms with Crippen LogP contribution in [-0.4, -0.2) is 5.66 Å². The Balaban J connectivity index is 2.27. The van der Waals surface area contributed by atoms with Crippen LogP contribution >= 0.6 is 8.03 Å². The summed E-state index contributed by atoms with van der Waals surface area (Å²) in [7, 11) is -1.96. The zero-order valence-corrected chi connectivity index (χ0v) is 11.8. The topological polar surface area (TPSA) is 26.3 Å². The third kappa shape index (κ3) is 5.93. The minimum atomic E-state index is -1.96. The summed E-state index contributed by atoms with van der Waals surface area (Å²) in [5.74, 6) is 0.719. The van der Waals surface area contributed by atoms with E-state index < -0.39 is 8.03 Å². The molecule has 1 aromatic rings. The molecule has 1 aromatic carbocycles. The summed E-state index contributed by atoms with van der Waals surface area (Å²) in [6.45, 7) is 4.22. The van der Waals surface area contributed by atoms with Crippen LogP contribution in [0, 0.1) is 0 Å². The van der Waals surface area contributed by atoms with Crippen molar-refractivity contribution < 1.29 is 9.09 Å². The first-order valence-electron chi connectivity index (χ1n) is 6.50. The number of unbranched alkanes of at least 4 members (excludes halogenated alkanes) is 3. The molecule has 2 atom stereocenters. The number of rotatable bonds is 8. The number of benzene rings is 1. The van der Waals surface area contributed by atoms with Crippen LogP contribution in [0.5, 0.6) is 5.75 Å². The average molecular weight is 254 g/mol. The van der Waals surface area contributed by atoms with E-state index >= 15 is 0 Å². The predicted octanol–water partition coefficient (Wildman–Crippen LogP) is 4.90. The van der Waals surface area contributed by atoms with Crippen LogP contribution in [0.1, 0.15) is 46.0 Å². The maximum absolute atomic E-state index is 11.9. The third-order valence-corrected chi connectivity index (χ3v) is 4.39. The van der Waals surface area contributed by atoms with Gasteiger partial charge in [-0.15, -0.1) is 0 Å². The van der Waals surface area contributed by atoms with Gasteiger partial charge in [0.15, 0.2) is 0 Å². The maximum atomic E-state index is 11.9. The second-order valence-corrected chi connectivity index (χ2v) is 6.31. The first kappa shape index (κ1) is 14.3. The molecule has 2 nitrogen and oxygen atoms in total. The Hall–Kier alpha value is -0.750. The van der Waals surface area contributed by atoms with E-state index in [9.17, 15) is 4.57 Å². The number of hydrogen-bond acceptors (Lipinski definition) is 2. The molecular weight excluding hydrogens is 231 g/mol. The van der Waals surface area contributed by atoms with Gasteiger partial charge in [0.2, 0.25) is 8.03 Å². The van der Waals surface area contributed by atoms with Gasteiger partial charge in [0.25, 0.3) is 0 Å². The van der Waals surface area contributed by atoms with Crippen LogP contribution in [0.15, 0.2) is 30.3 Å². The zero-order chi connectivity index (χ0) is 12.5. The summed E-state index contributed by atoms with van der Waals surface area (Å²) < 4.78 is 17.4. The highest BCUT2D eigenvalue weighted by Crippen LogP contribution is 2.34. The molecule has 0 bridgehead atoms. The molecule has 3 heteroatoms. The Kier molecular flexibility index (Phi) is 7.04. The molecule has 0 aliphatic rings. The fourth-order valence-corrected chi connectivity index (χ4v) is 2.71. The molecule has 0 saturated heterocycles. The lowest BCUT2D eigenvalue weighted by Gasteiger charge is -2.12. The molecule has 0 amide bonds. The fourth-order valence-electron chi connectivity index (χ4n) is 1.70. The highest BCUT2D eigenvalue weighted by molar-refractivity contribution is 7.40. The molecule has 17 heavy (non-hydrogen) atoms. The molecule has 0 fully saturated rings. The average Bonchev–Trinajstić information content (AvgIpc) is 2.35.